The molecule has 0 aromatic heterocycles. The quantitative estimate of drug-likeness (QED) is 0.421. The highest BCUT2D eigenvalue weighted by Crippen LogP contribution is 2.27. The standard InChI is InChI=1S/C15H15Cl4NO4/c1-3-13(21)20-11(14(22)24-8-15(17,18)19)7-9-4-5-12(23-2)10(16)6-9/h3-6,11H,1,7-8H2,2H3,(H,20,21)/t11-/m1/s1. The molecule has 0 bridgehead atoms. The molecule has 0 radical (unpaired) electrons. The van der Waals surface area contributed by atoms with E-state index in [1.807, 2.05) is 0 Å². The topological polar surface area (TPSA) is 64.6 Å². The minimum absolute atomic E-state index is 0.127. The lowest BCUT2D eigenvalue weighted by molar-refractivity contribution is -0.147. The lowest BCUT2D eigenvalue weighted by Gasteiger charge is -2.19. The van der Waals surface area contributed by atoms with E-state index < -0.39 is 28.3 Å². The van der Waals surface area contributed by atoms with Gasteiger partial charge < -0.3 is 14.8 Å². The average molecular weight is 415 g/mol. The molecule has 9 heteroatoms. The number of hydrogen-bond acceptors (Lipinski definition) is 4. The lowest BCUT2D eigenvalue weighted by atomic mass is 10.1. The van der Waals surface area contributed by atoms with Gasteiger partial charge in [-0.25, -0.2) is 4.79 Å². The molecule has 0 spiro atoms. The van der Waals surface area contributed by atoms with Crippen LogP contribution in [0.15, 0.2) is 30.9 Å². The fourth-order valence-corrected chi connectivity index (χ4v) is 2.19. The van der Waals surface area contributed by atoms with Crippen LogP contribution in [-0.2, 0) is 20.7 Å². The number of alkyl halides is 3. The summed E-state index contributed by atoms with van der Waals surface area (Å²) in [5.74, 6) is -0.792. The van der Waals surface area contributed by atoms with Gasteiger partial charge in [-0.3, -0.25) is 4.79 Å². The number of methoxy groups -OCH3 is 1. The Morgan fingerprint density at radius 1 is 1.38 bits per heavy atom. The molecule has 1 aromatic carbocycles. The van der Waals surface area contributed by atoms with Crippen LogP contribution < -0.4 is 10.1 Å². The summed E-state index contributed by atoms with van der Waals surface area (Å²) in [6.45, 7) is 2.89. The van der Waals surface area contributed by atoms with Gasteiger partial charge in [-0.05, 0) is 23.8 Å². The van der Waals surface area contributed by atoms with Crippen molar-refractivity contribution in [3.8, 4) is 5.75 Å². The summed E-state index contributed by atoms with van der Waals surface area (Å²) in [5, 5.41) is 2.84. The molecular weight excluding hydrogens is 400 g/mol. The fraction of sp³-hybridized carbons (Fsp3) is 0.333. The molecule has 0 fully saturated rings. The Hall–Kier alpha value is -1.14. The van der Waals surface area contributed by atoms with E-state index >= 15 is 0 Å². The van der Waals surface area contributed by atoms with Crippen LogP contribution in [0.5, 0.6) is 5.75 Å². The number of halogens is 4. The van der Waals surface area contributed by atoms with Crippen molar-refractivity contribution in [1.82, 2.24) is 5.32 Å². The van der Waals surface area contributed by atoms with Crippen LogP contribution in [0.3, 0.4) is 0 Å². The molecular formula is C15H15Cl4NO4. The normalized spacial score (nSPS) is 12.2. The Bertz CT molecular complexity index is 616. The van der Waals surface area contributed by atoms with Crippen molar-refractivity contribution in [3.05, 3.63) is 41.4 Å². The summed E-state index contributed by atoms with van der Waals surface area (Å²) in [4.78, 5) is 23.7. The maximum absolute atomic E-state index is 12.1. The van der Waals surface area contributed by atoms with Crippen molar-refractivity contribution >= 4 is 58.3 Å². The minimum atomic E-state index is -1.74. The Morgan fingerprint density at radius 2 is 2.04 bits per heavy atom. The first kappa shape index (κ1) is 20.9. The molecule has 132 valence electrons. The van der Waals surface area contributed by atoms with Crippen LogP contribution in [0, 0.1) is 0 Å². The molecule has 1 atom stereocenters. The first-order valence-electron chi connectivity index (χ1n) is 6.65. The number of hydrogen-bond donors (Lipinski definition) is 1. The highest BCUT2D eigenvalue weighted by molar-refractivity contribution is 6.67. The van der Waals surface area contributed by atoms with E-state index in [4.69, 9.17) is 55.9 Å². The third-order valence-corrected chi connectivity index (χ3v) is 3.44. The molecule has 0 heterocycles. The number of ether oxygens (including phenoxy) is 2. The summed E-state index contributed by atoms with van der Waals surface area (Å²) < 4.78 is 8.24. The van der Waals surface area contributed by atoms with Crippen molar-refractivity contribution in [3.63, 3.8) is 0 Å². The van der Waals surface area contributed by atoms with Crippen LogP contribution in [0.25, 0.3) is 0 Å². The van der Waals surface area contributed by atoms with Gasteiger partial charge in [0.25, 0.3) is 0 Å². The Labute approximate surface area is 159 Å². The molecule has 1 aromatic rings. The van der Waals surface area contributed by atoms with E-state index in [0.29, 0.717) is 16.3 Å². The third kappa shape index (κ3) is 7.18. The molecule has 1 rings (SSSR count). The van der Waals surface area contributed by atoms with E-state index in [1.54, 1.807) is 18.2 Å². The summed E-state index contributed by atoms with van der Waals surface area (Å²) in [6.07, 6.45) is 1.16. The van der Waals surface area contributed by atoms with Gasteiger partial charge in [-0.2, -0.15) is 0 Å². The smallest absolute Gasteiger partial charge is 0.329 e. The van der Waals surface area contributed by atoms with Crippen molar-refractivity contribution in [2.45, 2.75) is 16.3 Å². The molecule has 0 aliphatic rings. The predicted octanol–water partition coefficient (Wildman–Crippen LogP) is 3.48. The second-order valence-electron chi connectivity index (χ2n) is 4.66. The van der Waals surface area contributed by atoms with Gasteiger partial charge in [-0.15, -0.1) is 0 Å². The van der Waals surface area contributed by atoms with Crippen molar-refractivity contribution < 1.29 is 19.1 Å². The molecule has 5 nitrogen and oxygen atoms in total. The number of benzene rings is 1. The zero-order valence-electron chi connectivity index (χ0n) is 12.7. The molecule has 1 N–H and O–H groups in total. The first-order chi connectivity index (χ1) is 11.2. The summed E-state index contributed by atoms with van der Waals surface area (Å²) in [5.41, 5.74) is 0.681. The van der Waals surface area contributed by atoms with Gasteiger partial charge in [0.1, 0.15) is 18.4 Å². The van der Waals surface area contributed by atoms with Gasteiger partial charge in [0, 0.05) is 6.42 Å². The third-order valence-electron chi connectivity index (χ3n) is 2.82. The Kier molecular flexibility index (Phi) is 8.16. The zero-order chi connectivity index (χ0) is 18.3. The second-order valence-corrected chi connectivity index (χ2v) is 7.58. The predicted molar refractivity (Wildman–Crippen MR) is 95.1 cm³/mol. The number of rotatable bonds is 7. The minimum Gasteiger partial charge on any atom is -0.495 e. The maximum Gasteiger partial charge on any atom is 0.329 e. The van der Waals surface area contributed by atoms with Gasteiger partial charge in [0.2, 0.25) is 9.70 Å². The van der Waals surface area contributed by atoms with Gasteiger partial charge >= 0.3 is 5.97 Å². The fourth-order valence-electron chi connectivity index (χ4n) is 1.75. The van der Waals surface area contributed by atoms with E-state index in [-0.39, 0.29) is 6.42 Å². The number of esters is 1. The second kappa shape index (κ2) is 9.37. The van der Waals surface area contributed by atoms with Gasteiger partial charge in [0.15, 0.2) is 0 Å². The number of nitrogens with one attached hydrogen (secondary N) is 1. The average Bonchev–Trinajstić information content (AvgIpc) is 2.51. The number of carbonyl (C=O) groups excluding carboxylic acids is 2. The Morgan fingerprint density at radius 3 is 2.54 bits per heavy atom. The highest BCUT2D eigenvalue weighted by atomic mass is 35.6. The molecule has 0 saturated heterocycles. The molecule has 0 saturated carbocycles. The summed E-state index contributed by atoms with van der Waals surface area (Å²) in [7, 11) is 1.49. The number of carbonyl (C=O) groups is 2. The van der Waals surface area contributed by atoms with E-state index in [2.05, 4.69) is 11.9 Å². The zero-order valence-corrected chi connectivity index (χ0v) is 15.7. The van der Waals surface area contributed by atoms with Gasteiger partial charge in [0.05, 0.1) is 12.1 Å². The lowest BCUT2D eigenvalue weighted by Crippen LogP contribution is -2.43. The largest absolute Gasteiger partial charge is 0.495 e. The van der Waals surface area contributed by atoms with E-state index in [1.165, 1.54) is 7.11 Å². The Balaban J connectivity index is 2.89. The van der Waals surface area contributed by atoms with E-state index in [0.717, 1.165) is 6.08 Å². The maximum atomic E-state index is 12.1. The van der Waals surface area contributed by atoms with Crippen LogP contribution in [0.1, 0.15) is 5.56 Å². The van der Waals surface area contributed by atoms with Crippen molar-refractivity contribution in [2.24, 2.45) is 0 Å². The van der Waals surface area contributed by atoms with E-state index in [9.17, 15) is 9.59 Å². The van der Waals surface area contributed by atoms with Crippen molar-refractivity contribution in [1.29, 1.82) is 0 Å². The first-order valence-corrected chi connectivity index (χ1v) is 8.16. The van der Waals surface area contributed by atoms with Crippen molar-refractivity contribution in [2.75, 3.05) is 13.7 Å². The molecule has 0 unspecified atom stereocenters. The van der Waals surface area contributed by atoms with Crippen LogP contribution >= 0.6 is 46.4 Å². The molecule has 1 amide bonds. The molecule has 0 aliphatic heterocycles. The molecule has 0 aliphatic carbocycles. The molecule has 24 heavy (non-hydrogen) atoms. The number of amides is 1. The SMILES string of the molecule is C=CC(=O)N[C@H](Cc1ccc(OC)c(Cl)c1)C(=O)OCC(Cl)(Cl)Cl. The van der Waals surface area contributed by atoms with Gasteiger partial charge in [-0.1, -0.05) is 59.0 Å². The monoisotopic (exact) mass is 413 g/mol. The van der Waals surface area contributed by atoms with Crippen LogP contribution in [-0.4, -0.2) is 35.4 Å². The summed E-state index contributed by atoms with van der Waals surface area (Å²) in [6, 6.07) is 3.99. The highest BCUT2D eigenvalue weighted by Gasteiger charge is 2.27. The summed E-state index contributed by atoms with van der Waals surface area (Å²) >= 11 is 22.7. The van der Waals surface area contributed by atoms with Crippen LogP contribution in [0.2, 0.25) is 5.02 Å². The van der Waals surface area contributed by atoms with Crippen LogP contribution in [0.4, 0.5) is 0 Å².